The number of rotatable bonds is 3. The molecule has 0 saturated heterocycles. The van der Waals surface area contributed by atoms with Gasteiger partial charge in [-0.25, -0.2) is 0 Å². The fourth-order valence-electron chi connectivity index (χ4n) is 0.246. The van der Waals surface area contributed by atoms with Crippen LogP contribution in [0.3, 0.4) is 0 Å². The number of aliphatic carboxylic acids is 1. The minimum absolute atomic E-state index is 0. The molecule has 0 aliphatic carbocycles. The summed E-state index contributed by atoms with van der Waals surface area (Å²) < 4.78 is 0. The van der Waals surface area contributed by atoms with E-state index in [1.807, 2.05) is 0 Å². The molecule has 5 nitrogen and oxygen atoms in total. The quantitative estimate of drug-likeness (QED) is 0.419. The van der Waals surface area contributed by atoms with Crippen molar-refractivity contribution in [3.63, 3.8) is 0 Å². The fourth-order valence-corrected chi connectivity index (χ4v) is 0.246. The maximum atomic E-state index is 10.2. The molecule has 0 atom stereocenters. The Labute approximate surface area is 101 Å². The molecule has 0 rings (SSSR count). The van der Waals surface area contributed by atoms with E-state index in [1.54, 1.807) is 0 Å². The average molecular weight is 171 g/mol. The summed E-state index contributed by atoms with van der Waals surface area (Å²) in [7, 11) is 0. The van der Waals surface area contributed by atoms with Crippen LogP contribution in [0, 0.1) is 0 Å². The molecule has 6 heteroatoms. The van der Waals surface area contributed by atoms with Crippen LogP contribution in [-0.2, 0) is 9.59 Å². The number of carboxylic acid groups (broad SMARTS) is 1. The molecule has 0 saturated carbocycles. The predicted octanol–water partition coefficient (Wildman–Crippen LogP) is -2.23. The monoisotopic (exact) mass is 171 g/mol. The van der Waals surface area contributed by atoms with Crippen LogP contribution in [0.15, 0.2) is 0 Å². The zero-order valence-corrected chi connectivity index (χ0v) is 8.88. The third kappa shape index (κ3) is 8.54. The molecule has 10 heavy (non-hydrogen) atoms. The smallest absolute Gasteiger partial charge is 0.322 e. The molecule has 0 aliphatic heterocycles. The SMILES string of the molecule is NCC(=O)NCC(=O)O.[K]. The first-order valence-electron chi connectivity index (χ1n) is 2.35. The molecule has 0 aromatic rings. The molecular weight excluding hydrogens is 163 g/mol. The van der Waals surface area contributed by atoms with Gasteiger partial charge >= 0.3 is 5.97 Å². The van der Waals surface area contributed by atoms with E-state index in [4.69, 9.17) is 10.8 Å². The van der Waals surface area contributed by atoms with E-state index in [0.717, 1.165) is 0 Å². The molecule has 0 heterocycles. The van der Waals surface area contributed by atoms with Gasteiger partial charge in [0, 0.05) is 51.4 Å². The summed E-state index contributed by atoms with van der Waals surface area (Å²) >= 11 is 0. The maximum absolute atomic E-state index is 10.2. The number of amides is 1. The minimum atomic E-state index is -1.07. The molecule has 0 bridgehead atoms. The van der Waals surface area contributed by atoms with Gasteiger partial charge in [0.25, 0.3) is 0 Å². The number of hydrogen-bond acceptors (Lipinski definition) is 3. The third-order valence-electron chi connectivity index (χ3n) is 0.622. The largest absolute Gasteiger partial charge is 0.480 e. The molecule has 4 N–H and O–H groups in total. The molecule has 0 spiro atoms. The Morgan fingerprint density at radius 1 is 1.50 bits per heavy atom. The number of nitrogens with one attached hydrogen (secondary N) is 1. The van der Waals surface area contributed by atoms with Gasteiger partial charge in [-0.2, -0.15) is 0 Å². The van der Waals surface area contributed by atoms with Crippen LogP contribution in [0.2, 0.25) is 0 Å². The first kappa shape index (κ1) is 13.1. The van der Waals surface area contributed by atoms with Crippen LogP contribution >= 0.6 is 0 Å². The van der Waals surface area contributed by atoms with Crippen molar-refractivity contribution in [3.8, 4) is 0 Å². The fraction of sp³-hybridized carbons (Fsp3) is 0.500. The van der Waals surface area contributed by atoms with Crippen LogP contribution in [0.1, 0.15) is 0 Å². The molecule has 1 radical (unpaired) electrons. The van der Waals surface area contributed by atoms with E-state index < -0.39 is 11.9 Å². The predicted molar refractivity (Wildman–Crippen MR) is 35.5 cm³/mol. The Bertz CT molecular complexity index is 128. The molecule has 1 amide bonds. The van der Waals surface area contributed by atoms with Crippen LogP contribution in [0.25, 0.3) is 0 Å². The Balaban J connectivity index is 0. The second-order valence-corrected chi connectivity index (χ2v) is 1.37. The van der Waals surface area contributed by atoms with Gasteiger partial charge in [0.1, 0.15) is 6.54 Å². The van der Waals surface area contributed by atoms with Gasteiger partial charge in [-0.3, -0.25) is 9.59 Å². The molecule has 0 unspecified atom stereocenters. The Hall–Kier alpha value is 0.536. The van der Waals surface area contributed by atoms with Gasteiger partial charge in [0.05, 0.1) is 6.54 Å². The first-order valence-corrected chi connectivity index (χ1v) is 2.35. The summed E-state index contributed by atoms with van der Waals surface area (Å²) in [6.07, 6.45) is 0. The van der Waals surface area contributed by atoms with Crippen molar-refractivity contribution >= 4 is 63.3 Å². The van der Waals surface area contributed by atoms with Gasteiger partial charge < -0.3 is 16.2 Å². The van der Waals surface area contributed by atoms with E-state index >= 15 is 0 Å². The van der Waals surface area contributed by atoms with E-state index in [2.05, 4.69) is 5.32 Å². The van der Waals surface area contributed by atoms with Crippen molar-refractivity contribution < 1.29 is 14.7 Å². The normalized spacial score (nSPS) is 7.70. The average Bonchev–Trinajstić information content (AvgIpc) is 1.83. The van der Waals surface area contributed by atoms with Crippen molar-refractivity contribution in [1.29, 1.82) is 0 Å². The molecule has 0 aliphatic rings. The summed E-state index contributed by atoms with van der Waals surface area (Å²) in [4.78, 5) is 20.0. The number of carbonyl (C=O) groups is 2. The zero-order valence-electron chi connectivity index (χ0n) is 5.76. The second-order valence-electron chi connectivity index (χ2n) is 1.37. The summed E-state index contributed by atoms with van der Waals surface area (Å²) in [5.74, 6) is -1.53. The summed E-state index contributed by atoms with van der Waals surface area (Å²) in [5.41, 5.74) is 4.85. The number of nitrogens with two attached hydrogens (primary N) is 1. The van der Waals surface area contributed by atoms with E-state index in [1.165, 1.54) is 0 Å². The molecule has 0 aromatic heterocycles. The van der Waals surface area contributed by atoms with E-state index in [9.17, 15) is 9.59 Å². The van der Waals surface area contributed by atoms with E-state index in [0.29, 0.717) is 0 Å². The molecular formula is C4H8KN2O3. The van der Waals surface area contributed by atoms with E-state index in [-0.39, 0.29) is 64.5 Å². The van der Waals surface area contributed by atoms with Crippen molar-refractivity contribution in [2.75, 3.05) is 13.1 Å². The Morgan fingerprint density at radius 3 is 2.30 bits per heavy atom. The number of hydrogen-bond donors (Lipinski definition) is 3. The number of carbonyl (C=O) groups excluding carboxylic acids is 1. The van der Waals surface area contributed by atoms with Crippen molar-refractivity contribution in [2.45, 2.75) is 0 Å². The van der Waals surface area contributed by atoms with Gasteiger partial charge in [-0.1, -0.05) is 0 Å². The Kier molecular flexibility index (Phi) is 10.0. The topological polar surface area (TPSA) is 92.4 Å². The van der Waals surface area contributed by atoms with Gasteiger partial charge in [-0.15, -0.1) is 0 Å². The maximum Gasteiger partial charge on any atom is 0.322 e. The molecule has 0 fully saturated rings. The van der Waals surface area contributed by atoms with Crippen molar-refractivity contribution in [3.05, 3.63) is 0 Å². The molecule has 53 valence electrons. The van der Waals surface area contributed by atoms with Gasteiger partial charge in [0.15, 0.2) is 0 Å². The number of carboxylic acids is 1. The van der Waals surface area contributed by atoms with Gasteiger partial charge in [0.2, 0.25) is 5.91 Å². The second kappa shape index (κ2) is 7.64. The van der Waals surface area contributed by atoms with Crippen molar-refractivity contribution in [2.24, 2.45) is 5.73 Å². The summed E-state index contributed by atoms with van der Waals surface area (Å²) in [5, 5.41) is 10.1. The van der Waals surface area contributed by atoms with Gasteiger partial charge in [-0.05, 0) is 0 Å². The summed E-state index contributed by atoms with van der Waals surface area (Å²) in [6, 6.07) is 0. The van der Waals surface area contributed by atoms with Crippen LogP contribution in [-0.4, -0.2) is 81.5 Å². The Morgan fingerprint density at radius 2 is 2.00 bits per heavy atom. The standard InChI is InChI=1S/C4H8N2O3.K/c5-1-3(7)6-2-4(8)9;/h1-2,5H2,(H,6,7)(H,8,9);. The summed E-state index contributed by atoms with van der Waals surface area (Å²) in [6.45, 7) is -0.538. The zero-order chi connectivity index (χ0) is 7.28. The van der Waals surface area contributed by atoms with Crippen LogP contribution < -0.4 is 11.1 Å². The minimum Gasteiger partial charge on any atom is -0.480 e. The van der Waals surface area contributed by atoms with Crippen molar-refractivity contribution in [1.82, 2.24) is 5.32 Å². The third-order valence-corrected chi connectivity index (χ3v) is 0.622. The first-order chi connectivity index (χ1) is 4.16. The molecule has 0 aromatic carbocycles. The van der Waals surface area contributed by atoms with Crippen LogP contribution in [0.5, 0.6) is 0 Å². The van der Waals surface area contributed by atoms with Crippen LogP contribution in [0.4, 0.5) is 0 Å².